The monoisotopic (exact) mass is 326 g/mol. The highest BCUT2D eigenvalue weighted by Gasteiger charge is 2.17. The van der Waals surface area contributed by atoms with E-state index in [2.05, 4.69) is 38.1 Å². The molecule has 0 aromatic heterocycles. The molecule has 1 unspecified atom stereocenters. The molecule has 1 atom stereocenters. The minimum atomic E-state index is -0.329. The molecule has 2 aromatic rings. The molecule has 0 N–H and O–H groups in total. The second-order valence-corrected chi connectivity index (χ2v) is 6.59. The zero-order chi connectivity index (χ0) is 14.7. The quantitative estimate of drug-likeness (QED) is 0.561. The van der Waals surface area contributed by atoms with Crippen molar-refractivity contribution in [1.29, 1.82) is 0 Å². The number of rotatable bonds is 4. The van der Waals surface area contributed by atoms with Crippen LogP contribution in [0.25, 0.3) is 0 Å². The zero-order valence-electron chi connectivity index (χ0n) is 11.5. The highest BCUT2D eigenvalue weighted by molar-refractivity contribution is 6.38. The van der Waals surface area contributed by atoms with Crippen LogP contribution >= 0.6 is 34.8 Å². The van der Waals surface area contributed by atoms with Gasteiger partial charge in [-0.25, -0.2) is 0 Å². The first kappa shape index (κ1) is 15.7. The second kappa shape index (κ2) is 6.85. The molecule has 0 saturated carbocycles. The van der Waals surface area contributed by atoms with Gasteiger partial charge in [0.05, 0.1) is 5.38 Å². The van der Waals surface area contributed by atoms with Crippen molar-refractivity contribution < 1.29 is 0 Å². The summed E-state index contributed by atoms with van der Waals surface area (Å²) in [6, 6.07) is 13.8. The Hall–Kier alpha value is -0.690. The number of halogens is 3. The number of hydrogen-bond acceptors (Lipinski definition) is 0. The van der Waals surface area contributed by atoms with Crippen molar-refractivity contribution in [3.63, 3.8) is 0 Å². The maximum atomic E-state index is 6.53. The van der Waals surface area contributed by atoms with Crippen LogP contribution in [-0.4, -0.2) is 0 Å². The van der Waals surface area contributed by atoms with Crippen molar-refractivity contribution in [1.82, 2.24) is 0 Å². The van der Waals surface area contributed by atoms with Crippen molar-refractivity contribution in [3.05, 3.63) is 69.2 Å². The van der Waals surface area contributed by atoms with E-state index in [4.69, 9.17) is 34.8 Å². The van der Waals surface area contributed by atoms with Gasteiger partial charge >= 0.3 is 0 Å². The molecule has 0 aliphatic carbocycles. The van der Waals surface area contributed by atoms with E-state index in [1.165, 1.54) is 5.56 Å². The summed E-state index contributed by atoms with van der Waals surface area (Å²) in [4.78, 5) is 0. The van der Waals surface area contributed by atoms with E-state index in [0.29, 0.717) is 16.0 Å². The Morgan fingerprint density at radius 2 is 1.45 bits per heavy atom. The normalized spacial score (nSPS) is 12.7. The fourth-order valence-electron chi connectivity index (χ4n) is 2.21. The molecule has 0 saturated heterocycles. The van der Waals surface area contributed by atoms with Gasteiger partial charge in [0.25, 0.3) is 0 Å². The van der Waals surface area contributed by atoms with Crippen LogP contribution in [-0.2, 0) is 6.42 Å². The Balaban J connectivity index is 2.27. The van der Waals surface area contributed by atoms with Crippen LogP contribution in [0.1, 0.15) is 35.9 Å². The third-order valence-corrected chi connectivity index (χ3v) is 4.30. The topological polar surface area (TPSA) is 0 Å². The standard InChI is InChI=1S/C17H17Cl3/c1-11(2)10-12-6-8-13(9-7-12)17(20)16-14(18)4-3-5-15(16)19/h3-9,11,17H,10H2,1-2H3. The highest BCUT2D eigenvalue weighted by Crippen LogP contribution is 2.38. The maximum Gasteiger partial charge on any atom is 0.0864 e. The van der Waals surface area contributed by atoms with Gasteiger partial charge in [-0.2, -0.15) is 0 Å². The molecule has 0 heterocycles. The lowest BCUT2D eigenvalue weighted by Gasteiger charge is -2.15. The molecule has 0 bridgehead atoms. The molecule has 0 radical (unpaired) electrons. The molecule has 2 aromatic carbocycles. The predicted octanol–water partition coefficient (Wildman–Crippen LogP) is 6.52. The van der Waals surface area contributed by atoms with Crippen LogP contribution in [0.15, 0.2) is 42.5 Å². The van der Waals surface area contributed by atoms with E-state index in [1.807, 2.05) is 18.2 Å². The average molecular weight is 328 g/mol. The summed E-state index contributed by atoms with van der Waals surface area (Å²) in [6.07, 6.45) is 1.07. The van der Waals surface area contributed by atoms with Gasteiger partial charge in [-0.15, -0.1) is 11.6 Å². The third kappa shape index (κ3) is 3.69. The molecule has 0 aliphatic rings. The van der Waals surface area contributed by atoms with Crippen LogP contribution in [0.3, 0.4) is 0 Å². The minimum Gasteiger partial charge on any atom is -0.112 e. The Kier molecular flexibility index (Phi) is 5.37. The van der Waals surface area contributed by atoms with Crippen LogP contribution in [0, 0.1) is 5.92 Å². The first-order valence-corrected chi connectivity index (χ1v) is 7.85. The van der Waals surface area contributed by atoms with E-state index in [0.717, 1.165) is 17.5 Å². The van der Waals surface area contributed by atoms with E-state index in [9.17, 15) is 0 Å². The number of alkyl halides is 1. The van der Waals surface area contributed by atoms with Crippen molar-refractivity contribution in [2.24, 2.45) is 5.92 Å². The molecule has 0 amide bonds. The maximum absolute atomic E-state index is 6.53. The Morgan fingerprint density at radius 3 is 1.95 bits per heavy atom. The third-order valence-electron chi connectivity index (χ3n) is 3.17. The number of benzene rings is 2. The van der Waals surface area contributed by atoms with E-state index >= 15 is 0 Å². The van der Waals surface area contributed by atoms with Gasteiger partial charge < -0.3 is 0 Å². The summed E-state index contributed by atoms with van der Waals surface area (Å²) in [5, 5.41) is 0.872. The van der Waals surface area contributed by atoms with Crippen LogP contribution in [0.5, 0.6) is 0 Å². The van der Waals surface area contributed by atoms with Gasteiger partial charge in [0, 0.05) is 15.6 Å². The van der Waals surface area contributed by atoms with Crippen LogP contribution < -0.4 is 0 Å². The molecule has 0 fully saturated rings. The lowest BCUT2D eigenvalue weighted by molar-refractivity contribution is 0.647. The Morgan fingerprint density at radius 1 is 0.900 bits per heavy atom. The second-order valence-electron chi connectivity index (χ2n) is 5.34. The minimum absolute atomic E-state index is 0.329. The summed E-state index contributed by atoms with van der Waals surface area (Å²) in [5.74, 6) is 0.644. The average Bonchev–Trinajstić information content (AvgIpc) is 2.38. The van der Waals surface area contributed by atoms with Gasteiger partial charge in [0.1, 0.15) is 0 Å². The molecular formula is C17H17Cl3. The van der Waals surface area contributed by atoms with Gasteiger partial charge in [0.2, 0.25) is 0 Å². The summed E-state index contributed by atoms with van der Waals surface area (Å²) >= 11 is 18.9. The van der Waals surface area contributed by atoms with Crippen LogP contribution in [0.2, 0.25) is 10.0 Å². The molecule has 20 heavy (non-hydrogen) atoms. The molecule has 0 spiro atoms. The SMILES string of the molecule is CC(C)Cc1ccc(C(Cl)c2c(Cl)cccc2Cl)cc1. The van der Waals surface area contributed by atoms with Crippen molar-refractivity contribution in [2.45, 2.75) is 25.6 Å². The van der Waals surface area contributed by atoms with Gasteiger partial charge in [-0.3, -0.25) is 0 Å². The number of hydrogen-bond donors (Lipinski definition) is 0. The van der Waals surface area contributed by atoms with Gasteiger partial charge in [-0.05, 0) is 35.6 Å². The molecular weight excluding hydrogens is 311 g/mol. The van der Waals surface area contributed by atoms with Crippen molar-refractivity contribution in [2.75, 3.05) is 0 Å². The van der Waals surface area contributed by atoms with Crippen molar-refractivity contribution in [3.8, 4) is 0 Å². The fraction of sp³-hybridized carbons (Fsp3) is 0.294. The molecule has 0 aliphatic heterocycles. The van der Waals surface area contributed by atoms with E-state index in [1.54, 1.807) is 0 Å². The lowest BCUT2D eigenvalue weighted by Crippen LogP contribution is -1.98. The van der Waals surface area contributed by atoms with Gasteiger partial charge in [-0.1, -0.05) is 67.4 Å². The molecule has 0 nitrogen and oxygen atoms in total. The first-order valence-electron chi connectivity index (χ1n) is 6.66. The van der Waals surface area contributed by atoms with Crippen molar-refractivity contribution >= 4 is 34.8 Å². The molecule has 3 heteroatoms. The highest BCUT2D eigenvalue weighted by atomic mass is 35.5. The predicted molar refractivity (Wildman–Crippen MR) is 89.1 cm³/mol. The van der Waals surface area contributed by atoms with E-state index < -0.39 is 0 Å². The smallest absolute Gasteiger partial charge is 0.0864 e. The summed E-state index contributed by atoms with van der Waals surface area (Å²) < 4.78 is 0. The fourth-order valence-corrected chi connectivity index (χ4v) is 3.32. The summed E-state index contributed by atoms with van der Waals surface area (Å²) in [5.41, 5.74) is 3.10. The Labute approximate surface area is 135 Å². The largest absolute Gasteiger partial charge is 0.112 e. The summed E-state index contributed by atoms with van der Waals surface area (Å²) in [6.45, 7) is 4.42. The van der Waals surface area contributed by atoms with Gasteiger partial charge in [0.15, 0.2) is 0 Å². The summed E-state index contributed by atoms with van der Waals surface area (Å²) in [7, 11) is 0. The zero-order valence-corrected chi connectivity index (χ0v) is 13.8. The van der Waals surface area contributed by atoms with E-state index in [-0.39, 0.29) is 5.38 Å². The molecule has 106 valence electrons. The Bertz CT molecular complexity index is 553. The van der Waals surface area contributed by atoms with Crippen LogP contribution in [0.4, 0.5) is 0 Å². The first-order chi connectivity index (χ1) is 9.49. The molecule has 2 rings (SSSR count). The lowest BCUT2D eigenvalue weighted by atomic mass is 9.99.